The summed E-state index contributed by atoms with van der Waals surface area (Å²) in [6.07, 6.45) is 0. The van der Waals surface area contributed by atoms with E-state index in [0.717, 1.165) is 27.8 Å². The average molecular weight is 288 g/mol. The summed E-state index contributed by atoms with van der Waals surface area (Å²) in [5, 5.41) is 2.96. The SMILES string of the molecule is Cc1cccc(C)c1C(=O)NCc1ccc(CCl)cc1. The lowest BCUT2D eigenvalue weighted by Gasteiger charge is -2.10. The van der Waals surface area contributed by atoms with Crippen molar-refractivity contribution in [2.75, 3.05) is 0 Å². The zero-order valence-electron chi connectivity index (χ0n) is 11.7. The highest BCUT2D eigenvalue weighted by atomic mass is 35.5. The molecule has 1 N–H and O–H groups in total. The highest BCUT2D eigenvalue weighted by Crippen LogP contribution is 2.13. The van der Waals surface area contributed by atoms with Gasteiger partial charge in [-0.3, -0.25) is 4.79 Å². The van der Waals surface area contributed by atoms with Crippen molar-refractivity contribution < 1.29 is 4.79 Å². The first-order valence-electron chi connectivity index (χ1n) is 6.60. The molecule has 20 heavy (non-hydrogen) atoms. The third kappa shape index (κ3) is 3.40. The van der Waals surface area contributed by atoms with E-state index in [-0.39, 0.29) is 5.91 Å². The van der Waals surface area contributed by atoms with Crippen LogP contribution in [0.5, 0.6) is 0 Å². The summed E-state index contributed by atoms with van der Waals surface area (Å²) in [5.41, 5.74) is 4.92. The lowest BCUT2D eigenvalue weighted by Crippen LogP contribution is -2.24. The zero-order valence-corrected chi connectivity index (χ0v) is 12.5. The molecule has 2 rings (SSSR count). The summed E-state index contributed by atoms with van der Waals surface area (Å²) in [5.74, 6) is 0.483. The van der Waals surface area contributed by atoms with Crippen molar-refractivity contribution in [1.82, 2.24) is 5.32 Å². The van der Waals surface area contributed by atoms with Crippen LogP contribution in [-0.2, 0) is 12.4 Å². The number of alkyl halides is 1. The number of benzene rings is 2. The Hall–Kier alpha value is -1.80. The molecule has 0 aliphatic rings. The fraction of sp³-hybridized carbons (Fsp3) is 0.235. The Labute approximate surface area is 124 Å². The van der Waals surface area contributed by atoms with Crippen molar-refractivity contribution in [2.24, 2.45) is 0 Å². The Balaban J connectivity index is 2.05. The van der Waals surface area contributed by atoms with Gasteiger partial charge >= 0.3 is 0 Å². The molecule has 0 saturated carbocycles. The van der Waals surface area contributed by atoms with Crippen molar-refractivity contribution in [3.05, 3.63) is 70.3 Å². The summed E-state index contributed by atoms with van der Waals surface area (Å²) in [7, 11) is 0. The van der Waals surface area contributed by atoms with E-state index in [4.69, 9.17) is 11.6 Å². The highest BCUT2D eigenvalue weighted by molar-refractivity contribution is 6.17. The van der Waals surface area contributed by atoms with Gasteiger partial charge in [0.05, 0.1) is 0 Å². The van der Waals surface area contributed by atoms with Crippen LogP contribution in [0, 0.1) is 13.8 Å². The van der Waals surface area contributed by atoms with Crippen molar-refractivity contribution >= 4 is 17.5 Å². The third-order valence-electron chi connectivity index (χ3n) is 3.34. The minimum Gasteiger partial charge on any atom is -0.348 e. The quantitative estimate of drug-likeness (QED) is 0.847. The summed E-state index contributed by atoms with van der Waals surface area (Å²) < 4.78 is 0. The maximum atomic E-state index is 12.3. The first-order chi connectivity index (χ1) is 9.61. The first kappa shape index (κ1) is 14.6. The topological polar surface area (TPSA) is 29.1 Å². The third-order valence-corrected chi connectivity index (χ3v) is 3.65. The molecule has 2 nitrogen and oxygen atoms in total. The maximum Gasteiger partial charge on any atom is 0.252 e. The standard InChI is InChI=1S/C17H18ClNO/c1-12-4-3-5-13(2)16(12)17(20)19-11-15-8-6-14(10-18)7-9-15/h3-9H,10-11H2,1-2H3,(H,19,20). The van der Waals surface area contributed by atoms with Crippen LogP contribution in [-0.4, -0.2) is 5.91 Å². The number of aryl methyl sites for hydroxylation is 2. The van der Waals surface area contributed by atoms with E-state index in [2.05, 4.69) is 5.32 Å². The Kier molecular flexibility index (Phi) is 4.80. The van der Waals surface area contributed by atoms with Gasteiger partial charge in [0.2, 0.25) is 0 Å². The second kappa shape index (κ2) is 6.58. The summed E-state index contributed by atoms with van der Waals surface area (Å²) in [6.45, 7) is 4.43. The molecule has 2 aromatic carbocycles. The van der Waals surface area contributed by atoms with Crippen LogP contribution >= 0.6 is 11.6 Å². The number of hydrogen-bond acceptors (Lipinski definition) is 1. The van der Waals surface area contributed by atoms with Crippen LogP contribution in [0.3, 0.4) is 0 Å². The second-order valence-electron chi connectivity index (χ2n) is 4.90. The molecule has 0 atom stereocenters. The predicted octanol–water partition coefficient (Wildman–Crippen LogP) is 3.97. The van der Waals surface area contributed by atoms with E-state index in [1.165, 1.54) is 0 Å². The van der Waals surface area contributed by atoms with Crippen molar-refractivity contribution in [2.45, 2.75) is 26.3 Å². The summed E-state index contributed by atoms with van der Waals surface area (Å²) >= 11 is 5.75. The molecule has 0 heterocycles. The van der Waals surface area contributed by atoms with E-state index in [1.807, 2.05) is 56.3 Å². The van der Waals surface area contributed by atoms with Crippen LogP contribution in [0.15, 0.2) is 42.5 Å². The molecule has 3 heteroatoms. The van der Waals surface area contributed by atoms with Crippen LogP contribution in [0.2, 0.25) is 0 Å². The number of amides is 1. The fourth-order valence-corrected chi connectivity index (χ4v) is 2.37. The number of hydrogen-bond donors (Lipinski definition) is 1. The van der Waals surface area contributed by atoms with Gasteiger partial charge in [-0.25, -0.2) is 0 Å². The molecule has 104 valence electrons. The smallest absolute Gasteiger partial charge is 0.252 e. The van der Waals surface area contributed by atoms with Gasteiger partial charge < -0.3 is 5.32 Å². The molecule has 0 aliphatic carbocycles. The van der Waals surface area contributed by atoms with Crippen LogP contribution in [0.4, 0.5) is 0 Å². The lowest BCUT2D eigenvalue weighted by molar-refractivity contribution is 0.0949. The summed E-state index contributed by atoms with van der Waals surface area (Å²) in [6, 6.07) is 13.8. The van der Waals surface area contributed by atoms with E-state index >= 15 is 0 Å². The van der Waals surface area contributed by atoms with E-state index in [1.54, 1.807) is 0 Å². The Morgan fingerprint density at radius 1 is 1.00 bits per heavy atom. The first-order valence-corrected chi connectivity index (χ1v) is 7.13. The Morgan fingerprint density at radius 2 is 1.55 bits per heavy atom. The van der Waals surface area contributed by atoms with Gasteiger partial charge in [-0.2, -0.15) is 0 Å². The molecular weight excluding hydrogens is 270 g/mol. The number of nitrogens with one attached hydrogen (secondary N) is 1. The molecule has 0 radical (unpaired) electrons. The lowest BCUT2D eigenvalue weighted by atomic mass is 10.0. The van der Waals surface area contributed by atoms with Gasteiger partial charge in [-0.15, -0.1) is 11.6 Å². The zero-order chi connectivity index (χ0) is 14.5. The van der Waals surface area contributed by atoms with Crippen molar-refractivity contribution in [1.29, 1.82) is 0 Å². The largest absolute Gasteiger partial charge is 0.348 e. The Morgan fingerprint density at radius 3 is 2.10 bits per heavy atom. The van der Waals surface area contributed by atoms with Crippen LogP contribution in [0.25, 0.3) is 0 Å². The number of rotatable bonds is 4. The molecule has 0 fully saturated rings. The minimum atomic E-state index is -0.0259. The molecule has 0 aromatic heterocycles. The minimum absolute atomic E-state index is 0.0259. The number of halogens is 1. The van der Waals surface area contributed by atoms with Gasteiger partial charge in [0.25, 0.3) is 5.91 Å². The Bertz CT molecular complexity index is 585. The molecule has 0 bridgehead atoms. The van der Waals surface area contributed by atoms with Gasteiger partial charge in [-0.05, 0) is 36.1 Å². The monoisotopic (exact) mass is 287 g/mol. The van der Waals surface area contributed by atoms with E-state index in [0.29, 0.717) is 12.4 Å². The average Bonchev–Trinajstić information content (AvgIpc) is 2.45. The van der Waals surface area contributed by atoms with E-state index in [9.17, 15) is 4.79 Å². The van der Waals surface area contributed by atoms with Crippen molar-refractivity contribution in [3.8, 4) is 0 Å². The van der Waals surface area contributed by atoms with Crippen LogP contribution < -0.4 is 5.32 Å². The van der Waals surface area contributed by atoms with Gasteiger partial charge in [-0.1, -0.05) is 42.5 Å². The molecule has 0 aliphatic heterocycles. The van der Waals surface area contributed by atoms with Gasteiger partial charge in [0.15, 0.2) is 0 Å². The molecule has 1 amide bonds. The van der Waals surface area contributed by atoms with Gasteiger partial charge in [0, 0.05) is 18.0 Å². The number of carbonyl (C=O) groups is 1. The molecule has 0 unspecified atom stereocenters. The molecular formula is C17H18ClNO. The predicted molar refractivity (Wildman–Crippen MR) is 83.1 cm³/mol. The van der Waals surface area contributed by atoms with Gasteiger partial charge in [0.1, 0.15) is 0 Å². The molecule has 0 spiro atoms. The normalized spacial score (nSPS) is 10.3. The maximum absolute atomic E-state index is 12.3. The van der Waals surface area contributed by atoms with Crippen LogP contribution in [0.1, 0.15) is 32.6 Å². The second-order valence-corrected chi connectivity index (χ2v) is 5.17. The molecule has 2 aromatic rings. The molecule has 0 saturated heterocycles. The highest BCUT2D eigenvalue weighted by Gasteiger charge is 2.11. The summed E-state index contributed by atoms with van der Waals surface area (Å²) in [4.78, 5) is 12.3. The van der Waals surface area contributed by atoms with E-state index < -0.39 is 0 Å². The fourth-order valence-electron chi connectivity index (χ4n) is 2.19. The number of carbonyl (C=O) groups excluding carboxylic acids is 1. The van der Waals surface area contributed by atoms with Crippen molar-refractivity contribution in [3.63, 3.8) is 0 Å².